The monoisotopic (exact) mass is 219 g/mol. The summed E-state index contributed by atoms with van der Waals surface area (Å²) in [6, 6.07) is 3.65. The van der Waals surface area contributed by atoms with E-state index in [0.717, 1.165) is 18.8 Å². The smallest absolute Gasteiger partial charge is 0.269 e. The predicted octanol–water partition coefficient (Wildman–Crippen LogP) is 1.65. The number of nitrogens with one attached hydrogen (secondary N) is 2. The highest BCUT2D eigenvalue weighted by molar-refractivity contribution is 5.93. The molecule has 1 saturated carbocycles. The highest BCUT2D eigenvalue weighted by atomic mass is 16.1. The van der Waals surface area contributed by atoms with Crippen molar-refractivity contribution in [3.63, 3.8) is 0 Å². The van der Waals surface area contributed by atoms with Crippen molar-refractivity contribution in [3.05, 3.63) is 24.0 Å². The zero-order valence-corrected chi connectivity index (χ0v) is 9.49. The summed E-state index contributed by atoms with van der Waals surface area (Å²) in [5, 5.41) is 6.06. The number of hydrogen-bond donors (Lipinski definition) is 2. The van der Waals surface area contributed by atoms with Crippen LogP contribution in [0, 0.1) is 5.92 Å². The maximum Gasteiger partial charge on any atom is 0.269 e. The van der Waals surface area contributed by atoms with Crippen LogP contribution in [-0.4, -0.2) is 24.0 Å². The summed E-state index contributed by atoms with van der Waals surface area (Å²) in [4.78, 5) is 15.8. The number of pyridine rings is 1. The largest absolute Gasteiger partial charge is 0.385 e. The van der Waals surface area contributed by atoms with E-state index in [4.69, 9.17) is 0 Å². The number of amides is 1. The minimum atomic E-state index is -0.0772. The molecular weight excluding hydrogens is 202 g/mol. The lowest BCUT2D eigenvalue weighted by molar-refractivity contribution is 0.0947. The molecule has 1 aliphatic carbocycles. The predicted molar refractivity (Wildman–Crippen MR) is 63.5 cm³/mol. The van der Waals surface area contributed by atoms with Crippen molar-refractivity contribution in [2.45, 2.75) is 19.8 Å². The highest BCUT2D eigenvalue weighted by Gasteiger charge is 2.22. The maximum absolute atomic E-state index is 11.7. The van der Waals surface area contributed by atoms with Gasteiger partial charge in [-0.2, -0.15) is 0 Å². The van der Waals surface area contributed by atoms with Gasteiger partial charge in [0.05, 0.1) is 0 Å². The first-order valence-electron chi connectivity index (χ1n) is 5.77. The van der Waals surface area contributed by atoms with Crippen molar-refractivity contribution in [1.29, 1.82) is 0 Å². The van der Waals surface area contributed by atoms with Crippen molar-refractivity contribution in [1.82, 2.24) is 10.3 Å². The second-order valence-corrected chi connectivity index (χ2v) is 4.11. The molecule has 1 aromatic heterocycles. The Morgan fingerprint density at radius 2 is 2.38 bits per heavy atom. The van der Waals surface area contributed by atoms with Crippen LogP contribution in [-0.2, 0) is 0 Å². The Morgan fingerprint density at radius 1 is 1.56 bits per heavy atom. The van der Waals surface area contributed by atoms with Gasteiger partial charge in [0.2, 0.25) is 0 Å². The number of carbonyl (C=O) groups excluding carboxylic acids is 1. The lowest BCUT2D eigenvalue weighted by Crippen LogP contribution is -2.26. The van der Waals surface area contributed by atoms with Crippen LogP contribution in [0.3, 0.4) is 0 Å². The summed E-state index contributed by atoms with van der Waals surface area (Å²) >= 11 is 0. The van der Waals surface area contributed by atoms with Crippen LogP contribution >= 0.6 is 0 Å². The molecule has 1 heterocycles. The van der Waals surface area contributed by atoms with Crippen LogP contribution in [0.4, 0.5) is 5.69 Å². The third-order valence-corrected chi connectivity index (χ3v) is 2.62. The van der Waals surface area contributed by atoms with Crippen molar-refractivity contribution in [2.24, 2.45) is 5.92 Å². The van der Waals surface area contributed by atoms with Crippen molar-refractivity contribution in [2.75, 3.05) is 18.4 Å². The molecule has 4 nitrogen and oxygen atoms in total. The van der Waals surface area contributed by atoms with Crippen LogP contribution in [0.15, 0.2) is 18.3 Å². The normalized spacial score (nSPS) is 14.6. The van der Waals surface area contributed by atoms with Crippen LogP contribution in [0.1, 0.15) is 30.3 Å². The Morgan fingerprint density at radius 3 is 3.06 bits per heavy atom. The minimum Gasteiger partial charge on any atom is -0.385 e. The average Bonchev–Trinajstić information content (AvgIpc) is 3.10. The van der Waals surface area contributed by atoms with Gasteiger partial charge in [-0.3, -0.25) is 9.78 Å². The molecule has 0 saturated heterocycles. The van der Waals surface area contributed by atoms with Gasteiger partial charge in [0, 0.05) is 25.0 Å². The lowest BCUT2D eigenvalue weighted by atomic mass is 10.3. The second-order valence-electron chi connectivity index (χ2n) is 4.11. The molecule has 0 spiro atoms. The van der Waals surface area contributed by atoms with Crippen molar-refractivity contribution in [3.8, 4) is 0 Å². The number of nitrogens with zero attached hydrogens (tertiary/aromatic N) is 1. The number of carbonyl (C=O) groups is 1. The highest BCUT2D eigenvalue weighted by Crippen LogP contribution is 2.27. The first-order valence-corrected chi connectivity index (χ1v) is 5.77. The van der Waals surface area contributed by atoms with E-state index >= 15 is 0 Å². The Balaban J connectivity index is 1.94. The summed E-state index contributed by atoms with van der Waals surface area (Å²) in [6.07, 6.45) is 4.14. The quantitative estimate of drug-likeness (QED) is 0.791. The summed E-state index contributed by atoms with van der Waals surface area (Å²) in [6.45, 7) is 3.65. The molecule has 0 unspecified atom stereocenters. The van der Waals surface area contributed by atoms with Gasteiger partial charge in [-0.05, 0) is 37.8 Å². The minimum absolute atomic E-state index is 0.0772. The Kier molecular flexibility index (Phi) is 3.39. The van der Waals surface area contributed by atoms with E-state index in [1.54, 1.807) is 12.3 Å². The topological polar surface area (TPSA) is 54.0 Å². The van der Waals surface area contributed by atoms with E-state index in [9.17, 15) is 4.79 Å². The fourth-order valence-electron chi connectivity index (χ4n) is 1.52. The fraction of sp³-hybridized carbons (Fsp3) is 0.500. The molecule has 0 bridgehead atoms. The Bertz CT molecular complexity index is 374. The average molecular weight is 219 g/mol. The molecule has 0 atom stereocenters. The number of rotatable bonds is 5. The van der Waals surface area contributed by atoms with E-state index < -0.39 is 0 Å². The standard InChI is InChI=1S/C12H17N3O/c1-2-13-10-5-6-14-11(7-10)12(16)15-8-9-3-4-9/h5-7,9H,2-4,8H2,1H3,(H,13,14)(H,15,16). The first kappa shape index (κ1) is 10.9. The van der Waals surface area contributed by atoms with Crippen molar-refractivity contribution >= 4 is 11.6 Å². The van der Waals surface area contributed by atoms with Gasteiger partial charge in [0.25, 0.3) is 5.91 Å². The summed E-state index contributed by atoms with van der Waals surface area (Å²) in [7, 11) is 0. The van der Waals surface area contributed by atoms with E-state index in [2.05, 4.69) is 15.6 Å². The van der Waals surface area contributed by atoms with E-state index in [1.807, 2.05) is 13.0 Å². The zero-order chi connectivity index (χ0) is 11.4. The summed E-state index contributed by atoms with van der Waals surface area (Å²) in [5.41, 5.74) is 1.42. The molecule has 0 radical (unpaired) electrons. The summed E-state index contributed by atoms with van der Waals surface area (Å²) in [5.74, 6) is 0.618. The molecule has 1 aliphatic rings. The first-order chi connectivity index (χ1) is 7.79. The zero-order valence-electron chi connectivity index (χ0n) is 9.49. The molecule has 0 aliphatic heterocycles. The van der Waals surface area contributed by atoms with Gasteiger partial charge in [-0.15, -0.1) is 0 Å². The fourth-order valence-corrected chi connectivity index (χ4v) is 1.52. The van der Waals surface area contributed by atoms with Gasteiger partial charge < -0.3 is 10.6 Å². The number of hydrogen-bond acceptors (Lipinski definition) is 3. The maximum atomic E-state index is 11.7. The van der Waals surface area contributed by atoms with Crippen LogP contribution in [0.25, 0.3) is 0 Å². The Hall–Kier alpha value is -1.58. The molecule has 1 fully saturated rings. The van der Waals surface area contributed by atoms with E-state index in [-0.39, 0.29) is 5.91 Å². The third kappa shape index (κ3) is 2.95. The van der Waals surface area contributed by atoms with E-state index in [1.165, 1.54) is 12.8 Å². The van der Waals surface area contributed by atoms with Gasteiger partial charge >= 0.3 is 0 Å². The number of anilines is 1. The molecule has 2 N–H and O–H groups in total. The molecule has 2 rings (SSSR count). The van der Waals surface area contributed by atoms with Crippen LogP contribution in [0.5, 0.6) is 0 Å². The van der Waals surface area contributed by atoms with E-state index in [0.29, 0.717) is 11.6 Å². The molecular formula is C12H17N3O. The summed E-state index contributed by atoms with van der Waals surface area (Å²) < 4.78 is 0. The van der Waals surface area contributed by atoms with Gasteiger partial charge in [0.15, 0.2) is 0 Å². The molecule has 4 heteroatoms. The third-order valence-electron chi connectivity index (χ3n) is 2.62. The molecule has 1 amide bonds. The second kappa shape index (κ2) is 4.96. The van der Waals surface area contributed by atoms with Crippen molar-refractivity contribution < 1.29 is 4.79 Å². The number of aromatic nitrogens is 1. The molecule has 86 valence electrons. The van der Waals surface area contributed by atoms with Gasteiger partial charge in [0.1, 0.15) is 5.69 Å². The van der Waals surface area contributed by atoms with Crippen LogP contribution in [0.2, 0.25) is 0 Å². The molecule has 16 heavy (non-hydrogen) atoms. The molecule has 1 aromatic rings. The van der Waals surface area contributed by atoms with Crippen LogP contribution < -0.4 is 10.6 Å². The SMILES string of the molecule is CCNc1ccnc(C(=O)NCC2CC2)c1. The Labute approximate surface area is 95.5 Å². The lowest BCUT2D eigenvalue weighted by Gasteiger charge is -2.06. The van der Waals surface area contributed by atoms with Gasteiger partial charge in [-0.1, -0.05) is 0 Å². The molecule has 0 aromatic carbocycles. The van der Waals surface area contributed by atoms with Gasteiger partial charge in [-0.25, -0.2) is 0 Å².